The number of hydrogen-bond acceptors (Lipinski definition) is 2. The second kappa shape index (κ2) is 3.76. The summed E-state index contributed by atoms with van der Waals surface area (Å²) < 4.78 is 1.96. The van der Waals surface area contributed by atoms with Crippen LogP contribution in [-0.4, -0.2) is 15.8 Å². The fraction of sp³-hybridized carbons (Fsp3) is 0.250. The lowest BCUT2D eigenvalue weighted by Gasteiger charge is -2.07. The van der Waals surface area contributed by atoms with E-state index in [9.17, 15) is 5.11 Å². The molecule has 0 aliphatic rings. The maximum absolute atomic E-state index is 9.32. The Kier molecular flexibility index (Phi) is 2.44. The lowest BCUT2D eigenvalue weighted by Crippen LogP contribution is -2.10. The fourth-order valence-electron chi connectivity index (χ4n) is 1.70. The smallest absolute Gasteiger partial charge is 0.0992 e. The zero-order valence-electron chi connectivity index (χ0n) is 8.51. The molecule has 0 aliphatic carbocycles. The zero-order valence-corrected chi connectivity index (χ0v) is 8.51. The minimum atomic E-state index is -0.383. The van der Waals surface area contributed by atoms with E-state index in [0.29, 0.717) is 12.1 Å². The highest BCUT2D eigenvalue weighted by molar-refractivity contribution is 5.81. The summed E-state index contributed by atoms with van der Waals surface area (Å²) in [7, 11) is 0. The van der Waals surface area contributed by atoms with Gasteiger partial charge in [-0.15, -0.1) is 0 Å². The van der Waals surface area contributed by atoms with Crippen LogP contribution in [0, 0.1) is 11.3 Å². The number of benzene rings is 1. The van der Waals surface area contributed by atoms with Gasteiger partial charge in [0.15, 0.2) is 0 Å². The van der Waals surface area contributed by atoms with Crippen molar-refractivity contribution in [3.8, 4) is 6.07 Å². The molecule has 3 heteroatoms. The van der Waals surface area contributed by atoms with E-state index in [4.69, 9.17) is 5.26 Å². The highest BCUT2D eigenvalue weighted by atomic mass is 16.3. The summed E-state index contributed by atoms with van der Waals surface area (Å²) in [6.45, 7) is 2.30. The van der Waals surface area contributed by atoms with E-state index in [1.807, 2.05) is 29.0 Å². The van der Waals surface area contributed by atoms with Crippen molar-refractivity contribution in [1.82, 2.24) is 4.57 Å². The van der Waals surface area contributed by atoms with Crippen LogP contribution in [-0.2, 0) is 6.54 Å². The van der Waals surface area contributed by atoms with Gasteiger partial charge < -0.3 is 9.67 Å². The third-order valence-electron chi connectivity index (χ3n) is 2.36. The van der Waals surface area contributed by atoms with Crippen LogP contribution in [0.2, 0.25) is 0 Å². The van der Waals surface area contributed by atoms with Crippen molar-refractivity contribution in [2.24, 2.45) is 0 Å². The highest BCUT2D eigenvalue weighted by Crippen LogP contribution is 2.17. The molecule has 0 fully saturated rings. The molecule has 1 atom stereocenters. The molecule has 0 saturated heterocycles. The van der Waals surface area contributed by atoms with Crippen molar-refractivity contribution in [1.29, 1.82) is 5.26 Å². The highest BCUT2D eigenvalue weighted by Gasteiger charge is 2.04. The maximum Gasteiger partial charge on any atom is 0.0992 e. The number of nitrogens with zero attached hydrogens (tertiary/aromatic N) is 2. The molecule has 1 aromatic carbocycles. The molecule has 2 rings (SSSR count). The Labute approximate surface area is 88.2 Å². The first-order valence-electron chi connectivity index (χ1n) is 4.88. The molecule has 0 radical (unpaired) electrons. The molecule has 0 amide bonds. The first-order chi connectivity index (χ1) is 7.20. The van der Waals surface area contributed by atoms with Gasteiger partial charge in [-0.3, -0.25) is 0 Å². The summed E-state index contributed by atoms with van der Waals surface area (Å²) in [5.74, 6) is 0. The van der Waals surface area contributed by atoms with Crippen LogP contribution in [0.5, 0.6) is 0 Å². The van der Waals surface area contributed by atoms with Crippen LogP contribution in [0.15, 0.2) is 30.5 Å². The molecule has 3 nitrogen and oxygen atoms in total. The van der Waals surface area contributed by atoms with E-state index in [1.54, 1.807) is 13.0 Å². The third-order valence-corrected chi connectivity index (χ3v) is 2.36. The molecule has 1 unspecified atom stereocenters. The molecule has 76 valence electrons. The number of aliphatic hydroxyl groups is 1. The minimum absolute atomic E-state index is 0.383. The largest absolute Gasteiger partial charge is 0.392 e. The Morgan fingerprint density at radius 1 is 1.47 bits per heavy atom. The van der Waals surface area contributed by atoms with Crippen molar-refractivity contribution in [3.05, 3.63) is 36.0 Å². The summed E-state index contributed by atoms with van der Waals surface area (Å²) >= 11 is 0. The number of fused-ring (bicyclic) bond motifs is 1. The van der Waals surface area contributed by atoms with Gasteiger partial charge in [-0.1, -0.05) is 6.07 Å². The Morgan fingerprint density at radius 3 is 2.93 bits per heavy atom. The van der Waals surface area contributed by atoms with E-state index >= 15 is 0 Å². The van der Waals surface area contributed by atoms with Crippen molar-refractivity contribution in [2.75, 3.05) is 0 Å². The van der Waals surface area contributed by atoms with Gasteiger partial charge in [0.2, 0.25) is 0 Å². The van der Waals surface area contributed by atoms with Gasteiger partial charge in [-0.25, -0.2) is 0 Å². The maximum atomic E-state index is 9.32. The monoisotopic (exact) mass is 200 g/mol. The standard InChI is InChI=1S/C12H12N2O/c1-9(15)8-14-5-4-11-3-2-10(7-13)6-12(11)14/h2-6,9,15H,8H2,1H3. The molecule has 0 bridgehead atoms. The van der Waals surface area contributed by atoms with Gasteiger partial charge >= 0.3 is 0 Å². The van der Waals surface area contributed by atoms with Gasteiger partial charge in [0.05, 0.1) is 17.7 Å². The average Bonchev–Trinajstić information content (AvgIpc) is 2.60. The summed E-state index contributed by atoms with van der Waals surface area (Å²) in [4.78, 5) is 0. The van der Waals surface area contributed by atoms with Crippen LogP contribution in [0.4, 0.5) is 0 Å². The molecule has 15 heavy (non-hydrogen) atoms. The van der Waals surface area contributed by atoms with Crippen molar-refractivity contribution in [3.63, 3.8) is 0 Å². The van der Waals surface area contributed by atoms with Gasteiger partial charge in [0.1, 0.15) is 0 Å². The van der Waals surface area contributed by atoms with Crippen LogP contribution >= 0.6 is 0 Å². The van der Waals surface area contributed by atoms with E-state index in [2.05, 4.69) is 6.07 Å². The normalized spacial score (nSPS) is 12.6. The van der Waals surface area contributed by atoms with Crippen LogP contribution in [0.1, 0.15) is 12.5 Å². The minimum Gasteiger partial charge on any atom is -0.392 e. The Balaban J connectivity index is 2.52. The fourth-order valence-corrected chi connectivity index (χ4v) is 1.70. The number of aromatic nitrogens is 1. The molecule has 1 heterocycles. The van der Waals surface area contributed by atoms with Gasteiger partial charge in [0.25, 0.3) is 0 Å². The Morgan fingerprint density at radius 2 is 2.27 bits per heavy atom. The molecule has 1 N–H and O–H groups in total. The zero-order chi connectivity index (χ0) is 10.8. The molecular weight excluding hydrogens is 188 g/mol. The molecule has 0 aliphatic heterocycles. The molecular formula is C12H12N2O. The van der Waals surface area contributed by atoms with E-state index in [-0.39, 0.29) is 6.10 Å². The SMILES string of the molecule is CC(O)Cn1ccc2ccc(C#N)cc21. The number of nitriles is 1. The van der Waals surface area contributed by atoms with Gasteiger partial charge in [0, 0.05) is 18.3 Å². The average molecular weight is 200 g/mol. The number of hydrogen-bond donors (Lipinski definition) is 1. The van der Waals surface area contributed by atoms with Crippen LogP contribution in [0.25, 0.3) is 10.9 Å². The van der Waals surface area contributed by atoms with E-state index < -0.39 is 0 Å². The quantitative estimate of drug-likeness (QED) is 0.804. The van der Waals surface area contributed by atoms with Crippen molar-refractivity contribution < 1.29 is 5.11 Å². The first-order valence-corrected chi connectivity index (χ1v) is 4.88. The lowest BCUT2D eigenvalue weighted by molar-refractivity contribution is 0.175. The van der Waals surface area contributed by atoms with Gasteiger partial charge in [-0.05, 0) is 30.5 Å². The molecule has 0 spiro atoms. The lowest BCUT2D eigenvalue weighted by atomic mass is 10.2. The summed E-state index contributed by atoms with van der Waals surface area (Å²) in [5.41, 5.74) is 1.64. The predicted octanol–water partition coefficient (Wildman–Crippen LogP) is 1.89. The van der Waals surface area contributed by atoms with E-state index in [0.717, 1.165) is 10.9 Å². The second-order valence-corrected chi connectivity index (χ2v) is 3.70. The third kappa shape index (κ3) is 1.85. The van der Waals surface area contributed by atoms with Crippen LogP contribution in [0.3, 0.4) is 0 Å². The van der Waals surface area contributed by atoms with Crippen molar-refractivity contribution >= 4 is 10.9 Å². The summed E-state index contributed by atoms with van der Waals surface area (Å²) in [5, 5.41) is 19.2. The Bertz CT molecular complexity index is 520. The van der Waals surface area contributed by atoms with Crippen molar-refractivity contribution in [2.45, 2.75) is 19.6 Å². The molecule has 1 aromatic heterocycles. The van der Waals surface area contributed by atoms with E-state index in [1.165, 1.54) is 0 Å². The summed E-state index contributed by atoms with van der Waals surface area (Å²) in [6, 6.07) is 9.67. The molecule has 0 saturated carbocycles. The molecule has 2 aromatic rings. The second-order valence-electron chi connectivity index (χ2n) is 3.70. The predicted molar refractivity (Wildman–Crippen MR) is 58.3 cm³/mol. The number of rotatable bonds is 2. The van der Waals surface area contributed by atoms with Crippen LogP contribution < -0.4 is 0 Å². The number of aliphatic hydroxyl groups excluding tert-OH is 1. The topological polar surface area (TPSA) is 49.0 Å². The summed E-state index contributed by atoms with van der Waals surface area (Å²) in [6.07, 6.45) is 1.55. The Hall–Kier alpha value is -1.79. The van der Waals surface area contributed by atoms with Gasteiger partial charge in [-0.2, -0.15) is 5.26 Å². The first kappa shape index (κ1) is 9.75.